The Morgan fingerprint density at radius 3 is 2.20 bits per heavy atom. The van der Waals surface area contributed by atoms with Gasteiger partial charge < -0.3 is 10.2 Å². The van der Waals surface area contributed by atoms with Gasteiger partial charge in [-0.25, -0.2) is 0 Å². The van der Waals surface area contributed by atoms with Crippen molar-refractivity contribution < 1.29 is 4.79 Å². The van der Waals surface area contributed by atoms with Crippen molar-refractivity contribution in [3.8, 4) is 0 Å². The molecule has 2 aromatic rings. The number of nitrogens with zero attached hydrogens (tertiary/aromatic N) is 2. The van der Waals surface area contributed by atoms with Crippen LogP contribution in [0.1, 0.15) is 24.1 Å². The first kappa shape index (κ1) is 19.5. The summed E-state index contributed by atoms with van der Waals surface area (Å²) >= 11 is 3.43. The number of carbonyl (C=O) groups is 1. The quantitative estimate of drug-likeness (QED) is 0.762. The first-order valence-electron chi connectivity index (χ1n) is 8.35. The van der Waals surface area contributed by atoms with Crippen LogP contribution in [-0.2, 0) is 11.3 Å². The lowest BCUT2D eigenvalue weighted by Crippen LogP contribution is -2.36. The number of halogens is 1. The molecule has 0 heterocycles. The van der Waals surface area contributed by atoms with Crippen molar-refractivity contribution in [3.05, 3.63) is 64.1 Å². The van der Waals surface area contributed by atoms with E-state index in [1.165, 1.54) is 11.3 Å². The molecule has 2 rings (SSSR count). The van der Waals surface area contributed by atoms with Crippen molar-refractivity contribution in [2.24, 2.45) is 0 Å². The van der Waals surface area contributed by atoms with Gasteiger partial charge in [0.2, 0.25) is 5.91 Å². The van der Waals surface area contributed by atoms with Gasteiger partial charge in [-0.2, -0.15) is 0 Å². The van der Waals surface area contributed by atoms with Gasteiger partial charge in [0, 0.05) is 30.8 Å². The van der Waals surface area contributed by atoms with Crippen LogP contribution in [-0.4, -0.2) is 38.5 Å². The first-order chi connectivity index (χ1) is 11.8. The largest absolute Gasteiger partial charge is 0.378 e. The molecule has 1 atom stereocenters. The Kier molecular flexibility index (Phi) is 7.02. The molecule has 0 radical (unpaired) electrons. The SMILES string of the molecule is C[C@H](NC(=O)CN(C)Cc1ccc(N(C)C)cc1)c1ccc(Br)cc1. The average Bonchev–Trinajstić information content (AvgIpc) is 2.55. The molecule has 0 saturated heterocycles. The smallest absolute Gasteiger partial charge is 0.234 e. The van der Waals surface area contributed by atoms with E-state index in [1.54, 1.807) is 0 Å². The fourth-order valence-electron chi connectivity index (χ4n) is 2.63. The highest BCUT2D eigenvalue weighted by atomic mass is 79.9. The van der Waals surface area contributed by atoms with Crippen molar-refractivity contribution in [3.63, 3.8) is 0 Å². The summed E-state index contributed by atoms with van der Waals surface area (Å²) in [6.45, 7) is 3.12. The van der Waals surface area contributed by atoms with Gasteiger partial charge in [0.05, 0.1) is 12.6 Å². The maximum Gasteiger partial charge on any atom is 0.234 e. The molecule has 0 bridgehead atoms. The van der Waals surface area contributed by atoms with Crippen LogP contribution in [0.3, 0.4) is 0 Å². The maximum absolute atomic E-state index is 12.3. The summed E-state index contributed by atoms with van der Waals surface area (Å²) in [7, 11) is 6.01. The fourth-order valence-corrected chi connectivity index (χ4v) is 2.90. The molecule has 0 spiro atoms. The number of carbonyl (C=O) groups excluding carboxylic acids is 1. The standard InChI is InChI=1S/C20H26BrN3O/c1-15(17-7-9-18(21)10-8-17)22-20(25)14-24(4)13-16-5-11-19(12-6-16)23(2)3/h5-12,15H,13-14H2,1-4H3,(H,22,25)/t15-/m0/s1. The van der Waals surface area contributed by atoms with Gasteiger partial charge in [0.1, 0.15) is 0 Å². The van der Waals surface area contributed by atoms with Crippen LogP contribution in [0.2, 0.25) is 0 Å². The van der Waals surface area contributed by atoms with Crippen LogP contribution in [0.25, 0.3) is 0 Å². The number of benzene rings is 2. The molecule has 2 aromatic carbocycles. The van der Waals surface area contributed by atoms with E-state index in [0.29, 0.717) is 6.54 Å². The number of likely N-dealkylation sites (N-methyl/N-ethyl adjacent to an activating group) is 1. The lowest BCUT2D eigenvalue weighted by atomic mass is 10.1. The number of hydrogen-bond donors (Lipinski definition) is 1. The summed E-state index contributed by atoms with van der Waals surface area (Å²) in [4.78, 5) is 16.4. The summed E-state index contributed by atoms with van der Waals surface area (Å²) in [5.41, 5.74) is 3.47. The van der Waals surface area contributed by atoms with E-state index in [-0.39, 0.29) is 11.9 Å². The predicted molar refractivity (Wildman–Crippen MR) is 108 cm³/mol. The Hall–Kier alpha value is -1.85. The van der Waals surface area contributed by atoms with Crippen LogP contribution in [0, 0.1) is 0 Å². The van der Waals surface area contributed by atoms with Crippen molar-refractivity contribution in [1.29, 1.82) is 0 Å². The third-order valence-electron chi connectivity index (χ3n) is 4.07. The van der Waals surface area contributed by atoms with Crippen molar-refractivity contribution in [1.82, 2.24) is 10.2 Å². The second kappa shape index (κ2) is 9.02. The average molecular weight is 404 g/mol. The van der Waals surface area contributed by atoms with E-state index in [4.69, 9.17) is 0 Å². The van der Waals surface area contributed by atoms with Gasteiger partial charge in [0.15, 0.2) is 0 Å². The molecule has 1 N–H and O–H groups in total. The Morgan fingerprint density at radius 1 is 1.04 bits per heavy atom. The molecule has 0 unspecified atom stereocenters. The van der Waals surface area contributed by atoms with Crippen LogP contribution in [0.5, 0.6) is 0 Å². The topological polar surface area (TPSA) is 35.6 Å². The van der Waals surface area contributed by atoms with Crippen molar-refractivity contribution in [2.45, 2.75) is 19.5 Å². The number of rotatable bonds is 7. The number of anilines is 1. The highest BCUT2D eigenvalue weighted by Crippen LogP contribution is 2.16. The molecular weight excluding hydrogens is 378 g/mol. The van der Waals surface area contributed by atoms with Gasteiger partial charge in [-0.3, -0.25) is 9.69 Å². The Morgan fingerprint density at radius 2 is 1.64 bits per heavy atom. The predicted octanol–water partition coefficient (Wildman–Crippen LogP) is 3.82. The van der Waals surface area contributed by atoms with E-state index in [0.717, 1.165) is 16.6 Å². The first-order valence-corrected chi connectivity index (χ1v) is 9.14. The monoisotopic (exact) mass is 403 g/mol. The number of hydrogen-bond acceptors (Lipinski definition) is 3. The summed E-state index contributed by atoms with van der Waals surface area (Å²) in [5, 5.41) is 3.05. The second-order valence-electron chi connectivity index (χ2n) is 6.57. The molecule has 25 heavy (non-hydrogen) atoms. The zero-order valence-electron chi connectivity index (χ0n) is 15.3. The van der Waals surface area contributed by atoms with Crippen LogP contribution in [0.4, 0.5) is 5.69 Å². The molecule has 1 amide bonds. The summed E-state index contributed by atoms with van der Waals surface area (Å²) < 4.78 is 1.04. The lowest BCUT2D eigenvalue weighted by molar-refractivity contribution is -0.122. The zero-order valence-corrected chi connectivity index (χ0v) is 16.9. The minimum atomic E-state index is -0.00613. The van der Waals surface area contributed by atoms with Gasteiger partial charge in [-0.1, -0.05) is 40.2 Å². The molecular formula is C20H26BrN3O. The van der Waals surface area contributed by atoms with Crippen LogP contribution >= 0.6 is 15.9 Å². The summed E-state index contributed by atoms with van der Waals surface area (Å²) in [6.07, 6.45) is 0. The van der Waals surface area contributed by atoms with Crippen LogP contribution in [0.15, 0.2) is 53.0 Å². The Labute approximate surface area is 159 Å². The van der Waals surface area contributed by atoms with Crippen molar-refractivity contribution >= 4 is 27.5 Å². The minimum absolute atomic E-state index is 0.00613. The third-order valence-corrected chi connectivity index (χ3v) is 4.59. The molecule has 0 aromatic heterocycles. The maximum atomic E-state index is 12.3. The van der Waals surface area contributed by atoms with Gasteiger partial charge in [0.25, 0.3) is 0 Å². The van der Waals surface area contributed by atoms with E-state index >= 15 is 0 Å². The fraction of sp³-hybridized carbons (Fsp3) is 0.350. The van der Waals surface area contributed by atoms with E-state index < -0.39 is 0 Å². The summed E-state index contributed by atoms with van der Waals surface area (Å²) in [6, 6.07) is 16.4. The van der Waals surface area contributed by atoms with Gasteiger partial charge in [-0.05, 0) is 49.4 Å². The molecule has 0 aliphatic carbocycles. The highest BCUT2D eigenvalue weighted by molar-refractivity contribution is 9.10. The molecule has 5 heteroatoms. The second-order valence-corrected chi connectivity index (χ2v) is 7.49. The summed E-state index contributed by atoms with van der Waals surface area (Å²) in [5.74, 6) is 0.0304. The van der Waals surface area contributed by atoms with E-state index in [9.17, 15) is 4.79 Å². The Balaban J connectivity index is 1.83. The number of amides is 1. The normalized spacial score (nSPS) is 12.1. The molecule has 134 valence electrons. The number of nitrogens with one attached hydrogen (secondary N) is 1. The highest BCUT2D eigenvalue weighted by Gasteiger charge is 2.12. The van der Waals surface area contributed by atoms with E-state index in [1.807, 2.05) is 57.2 Å². The van der Waals surface area contributed by atoms with Gasteiger partial charge in [-0.15, -0.1) is 0 Å². The van der Waals surface area contributed by atoms with Crippen LogP contribution < -0.4 is 10.2 Å². The Bertz CT molecular complexity index is 683. The van der Waals surface area contributed by atoms with E-state index in [2.05, 4.69) is 50.4 Å². The minimum Gasteiger partial charge on any atom is -0.378 e. The third kappa shape index (κ3) is 6.18. The van der Waals surface area contributed by atoms with Crippen molar-refractivity contribution in [2.75, 3.05) is 32.6 Å². The van der Waals surface area contributed by atoms with Gasteiger partial charge >= 0.3 is 0 Å². The molecule has 0 fully saturated rings. The molecule has 0 saturated carbocycles. The molecule has 4 nitrogen and oxygen atoms in total. The lowest BCUT2D eigenvalue weighted by Gasteiger charge is -2.20. The zero-order chi connectivity index (χ0) is 18.4. The molecule has 0 aliphatic heterocycles. The molecule has 0 aliphatic rings.